The quantitative estimate of drug-likeness (QED) is 0.356. The summed E-state index contributed by atoms with van der Waals surface area (Å²) in [6, 6.07) is 38.3. The Kier molecular flexibility index (Phi) is 5.69. The molecule has 0 bridgehead atoms. The second-order valence-corrected chi connectivity index (χ2v) is 15.4. The van der Waals surface area contributed by atoms with Crippen LogP contribution in [0.5, 0.6) is 11.5 Å². The van der Waals surface area contributed by atoms with E-state index in [-0.39, 0.29) is 0 Å². The predicted octanol–water partition coefficient (Wildman–Crippen LogP) is 5.17. The van der Waals surface area contributed by atoms with E-state index in [4.69, 9.17) is 9.47 Å². The molecule has 0 atom stereocenters. The van der Waals surface area contributed by atoms with Crippen LogP contribution in [0.4, 0.5) is 0 Å². The standard InChI is InChI=1S/C26H24BrO2P/c1-28-25-19-18-24(20-26(25)29-2)30(27,21-12-6-3-7-13-21,22-14-8-4-9-15-22)23-16-10-5-11-17-23/h3-20H,1-2H3. The molecule has 0 radical (unpaired) electrons. The Labute approximate surface area is 186 Å². The third-order valence-corrected chi connectivity index (χ3v) is 15.5. The van der Waals surface area contributed by atoms with Crippen LogP contribution in [0.2, 0.25) is 0 Å². The van der Waals surface area contributed by atoms with Crippen LogP contribution < -0.4 is 30.7 Å². The van der Waals surface area contributed by atoms with E-state index in [9.17, 15) is 0 Å². The first-order valence-electron chi connectivity index (χ1n) is 9.76. The molecule has 4 aromatic carbocycles. The maximum absolute atomic E-state index is 5.70. The van der Waals surface area contributed by atoms with Crippen LogP contribution >= 0.6 is 20.8 Å². The Morgan fingerprint density at radius 2 is 0.900 bits per heavy atom. The number of halogens is 1. The van der Waals surface area contributed by atoms with Crippen LogP contribution in [-0.2, 0) is 0 Å². The van der Waals surface area contributed by atoms with Gasteiger partial charge < -0.3 is 0 Å². The zero-order chi connectivity index (χ0) is 21.1. The van der Waals surface area contributed by atoms with Gasteiger partial charge >= 0.3 is 186 Å². The number of ether oxygens (including phenoxy) is 2. The van der Waals surface area contributed by atoms with Crippen LogP contribution in [0.3, 0.4) is 0 Å². The third-order valence-electron chi connectivity index (χ3n) is 5.58. The molecule has 4 aromatic rings. The molecule has 0 saturated heterocycles. The van der Waals surface area contributed by atoms with Crippen LogP contribution in [0.1, 0.15) is 0 Å². The molecule has 0 saturated carbocycles. The van der Waals surface area contributed by atoms with Gasteiger partial charge in [-0.2, -0.15) is 0 Å². The fourth-order valence-electron chi connectivity index (χ4n) is 4.10. The fourth-order valence-corrected chi connectivity index (χ4v) is 11.6. The van der Waals surface area contributed by atoms with E-state index in [1.807, 2.05) is 6.07 Å². The van der Waals surface area contributed by atoms with Crippen molar-refractivity contribution < 1.29 is 9.47 Å². The van der Waals surface area contributed by atoms with Gasteiger partial charge in [0.1, 0.15) is 0 Å². The van der Waals surface area contributed by atoms with E-state index in [1.54, 1.807) is 14.2 Å². The molecule has 30 heavy (non-hydrogen) atoms. The minimum absolute atomic E-state index is 0.714. The van der Waals surface area contributed by atoms with Gasteiger partial charge in [-0.3, -0.25) is 0 Å². The van der Waals surface area contributed by atoms with Crippen molar-refractivity contribution in [1.29, 1.82) is 0 Å². The van der Waals surface area contributed by atoms with E-state index in [2.05, 4.69) is 119 Å². The SMILES string of the molecule is COc1ccc(P(Br)(c2ccccc2)(c2ccccc2)c2ccccc2)cc1OC. The molecule has 0 aliphatic heterocycles. The molecule has 0 aliphatic carbocycles. The van der Waals surface area contributed by atoms with Gasteiger partial charge in [0.25, 0.3) is 0 Å². The molecule has 0 spiro atoms. The molecule has 4 rings (SSSR count). The van der Waals surface area contributed by atoms with Crippen molar-refractivity contribution in [2.75, 3.05) is 14.2 Å². The monoisotopic (exact) mass is 478 g/mol. The first-order chi connectivity index (χ1) is 14.6. The summed E-state index contributed by atoms with van der Waals surface area (Å²) in [5.74, 6) is 1.43. The Morgan fingerprint density at radius 1 is 0.500 bits per heavy atom. The van der Waals surface area contributed by atoms with Crippen LogP contribution in [0.25, 0.3) is 0 Å². The van der Waals surface area contributed by atoms with Gasteiger partial charge in [0, 0.05) is 0 Å². The zero-order valence-electron chi connectivity index (χ0n) is 17.0. The van der Waals surface area contributed by atoms with Gasteiger partial charge in [-0.1, -0.05) is 0 Å². The van der Waals surface area contributed by atoms with Crippen LogP contribution in [-0.4, -0.2) is 14.2 Å². The summed E-state index contributed by atoms with van der Waals surface area (Å²) in [5.41, 5.74) is 0. The summed E-state index contributed by atoms with van der Waals surface area (Å²) in [6.07, 6.45) is 0. The summed E-state index contributed by atoms with van der Waals surface area (Å²) in [5, 5.41) is 1.62. The number of methoxy groups -OCH3 is 2. The molecule has 0 unspecified atom stereocenters. The summed E-state index contributed by atoms with van der Waals surface area (Å²) < 4.78 is 11.2. The Morgan fingerprint density at radius 3 is 1.27 bits per heavy atom. The first kappa shape index (κ1) is 20.7. The Bertz CT molecular complexity index is 1030. The van der Waals surface area contributed by atoms with Crippen LogP contribution in [0, 0.1) is 0 Å². The average Bonchev–Trinajstić information content (AvgIpc) is 2.84. The molecule has 4 heteroatoms. The van der Waals surface area contributed by atoms with Crippen molar-refractivity contribution in [3.8, 4) is 11.5 Å². The van der Waals surface area contributed by atoms with E-state index in [1.165, 1.54) is 15.9 Å². The normalized spacial score (nSPS) is 12.6. The second-order valence-electron chi connectivity index (χ2n) is 7.05. The van der Waals surface area contributed by atoms with Crippen molar-refractivity contribution >= 4 is 42.0 Å². The van der Waals surface area contributed by atoms with Crippen molar-refractivity contribution in [2.24, 2.45) is 0 Å². The van der Waals surface area contributed by atoms with Gasteiger partial charge in [0.15, 0.2) is 0 Å². The number of rotatable bonds is 6. The zero-order valence-corrected chi connectivity index (χ0v) is 19.5. The first-order valence-corrected chi connectivity index (χ1v) is 14.0. The molecule has 0 heterocycles. The minimum atomic E-state index is -3.23. The Hall–Kier alpha value is -2.61. The van der Waals surface area contributed by atoms with Gasteiger partial charge in [0.05, 0.1) is 0 Å². The molecule has 0 amide bonds. The summed E-state index contributed by atoms with van der Waals surface area (Å²) >= 11 is 4.47. The topological polar surface area (TPSA) is 18.5 Å². The Balaban J connectivity index is 2.21. The molecular formula is C26H24BrO2P. The predicted molar refractivity (Wildman–Crippen MR) is 133 cm³/mol. The maximum atomic E-state index is 5.70. The molecule has 0 fully saturated rings. The van der Waals surface area contributed by atoms with Crippen molar-refractivity contribution in [3.05, 3.63) is 109 Å². The van der Waals surface area contributed by atoms with E-state index in [0.29, 0.717) is 11.5 Å². The number of hydrogen-bond donors (Lipinski definition) is 0. The van der Waals surface area contributed by atoms with Crippen molar-refractivity contribution in [1.82, 2.24) is 0 Å². The number of hydrogen-bond acceptors (Lipinski definition) is 2. The van der Waals surface area contributed by atoms with Crippen molar-refractivity contribution in [2.45, 2.75) is 0 Å². The average molecular weight is 479 g/mol. The molecule has 0 aliphatic rings. The summed E-state index contributed by atoms with van der Waals surface area (Å²) in [7, 11) is 3.34. The summed E-state index contributed by atoms with van der Waals surface area (Å²) in [6.45, 7) is 0. The molecule has 0 aromatic heterocycles. The van der Waals surface area contributed by atoms with Gasteiger partial charge in [-0.05, 0) is 0 Å². The van der Waals surface area contributed by atoms with E-state index in [0.717, 1.165) is 5.30 Å². The van der Waals surface area contributed by atoms with E-state index >= 15 is 0 Å². The number of benzene rings is 4. The molecule has 2 nitrogen and oxygen atoms in total. The van der Waals surface area contributed by atoms with E-state index < -0.39 is 5.31 Å². The van der Waals surface area contributed by atoms with Gasteiger partial charge in [-0.15, -0.1) is 0 Å². The van der Waals surface area contributed by atoms with Gasteiger partial charge in [-0.25, -0.2) is 0 Å². The fraction of sp³-hybridized carbons (Fsp3) is 0.0769. The molecule has 0 N–H and O–H groups in total. The molecule has 152 valence electrons. The molecular weight excluding hydrogens is 455 g/mol. The summed E-state index contributed by atoms with van der Waals surface area (Å²) in [4.78, 5) is 0. The second kappa shape index (κ2) is 8.26. The van der Waals surface area contributed by atoms with Gasteiger partial charge in [0.2, 0.25) is 0 Å². The third kappa shape index (κ3) is 3.05. The van der Waals surface area contributed by atoms with Crippen LogP contribution in [0.15, 0.2) is 109 Å². The van der Waals surface area contributed by atoms with Crippen molar-refractivity contribution in [3.63, 3.8) is 0 Å².